The maximum atomic E-state index is 5.72. The normalized spacial score (nSPS) is 10.1. The van der Waals surface area contributed by atoms with Crippen molar-refractivity contribution in [3.63, 3.8) is 0 Å². The monoisotopic (exact) mass is 210 g/mol. The number of halogens is 1. The predicted molar refractivity (Wildman–Crippen MR) is 51.7 cm³/mol. The molecule has 0 aliphatic heterocycles. The molecule has 2 N–H and O–H groups in total. The molecule has 0 aliphatic carbocycles. The van der Waals surface area contributed by atoms with Gasteiger partial charge in [-0.15, -0.1) is 0 Å². The van der Waals surface area contributed by atoms with Crippen LogP contribution in [0.25, 0.3) is 0 Å². The number of nitrogens with one attached hydrogen (secondary N) is 2. The van der Waals surface area contributed by atoms with E-state index in [0.717, 1.165) is 5.82 Å². The van der Waals surface area contributed by atoms with E-state index in [4.69, 9.17) is 11.6 Å². The van der Waals surface area contributed by atoms with Gasteiger partial charge in [0.2, 0.25) is 0 Å². The van der Waals surface area contributed by atoms with Gasteiger partial charge >= 0.3 is 0 Å². The lowest BCUT2D eigenvalue weighted by atomic mass is 10.5. The second-order valence-corrected chi connectivity index (χ2v) is 3.13. The summed E-state index contributed by atoms with van der Waals surface area (Å²) in [6.45, 7) is 0.568. The van der Waals surface area contributed by atoms with E-state index in [9.17, 15) is 0 Å². The standard InChI is InChI=1S/C8H8ClN5/c9-7-1-2-8(11-3-7)12-6-14-5-10-4-13-14/h1-5H,6H2,(H,11,12)/p+1. The summed E-state index contributed by atoms with van der Waals surface area (Å²) < 4.78 is 1.68. The molecular weight excluding hydrogens is 202 g/mol. The number of aromatic nitrogens is 4. The Balaban J connectivity index is 1.95. The summed E-state index contributed by atoms with van der Waals surface area (Å²) in [7, 11) is 0. The summed E-state index contributed by atoms with van der Waals surface area (Å²) in [6, 6.07) is 3.67. The lowest BCUT2D eigenvalue weighted by Crippen LogP contribution is -2.15. The average Bonchev–Trinajstić information content (AvgIpc) is 2.70. The molecule has 6 heteroatoms. The first-order chi connectivity index (χ1) is 6.84. The van der Waals surface area contributed by atoms with Gasteiger partial charge in [-0.05, 0) is 6.07 Å². The highest BCUT2D eigenvalue weighted by molar-refractivity contribution is 6.30. The second-order valence-electron chi connectivity index (χ2n) is 2.69. The first-order valence-electron chi connectivity index (χ1n) is 4.08. The number of hydrogen-bond donors (Lipinski definition) is 1. The van der Waals surface area contributed by atoms with Gasteiger partial charge < -0.3 is 0 Å². The largest absolute Gasteiger partial charge is 0.273 e. The van der Waals surface area contributed by atoms with Crippen molar-refractivity contribution in [2.24, 2.45) is 0 Å². The molecule has 5 nitrogen and oxygen atoms in total. The van der Waals surface area contributed by atoms with Crippen molar-refractivity contribution in [1.29, 1.82) is 0 Å². The third-order valence-electron chi connectivity index (χ3n) is 1.67. The average molecular weight is 211 g/mol. The maximum absolute atomic E-state index is 5.72. The van der Waals surface area contributed by atoms with Crippen molar-refractivity contribution in [3.8, 4) is 0 Å². The molecular formula is C8H9ClN5+. The molecule has 0 saturated heterocycles. The van der Waals surface area contributed by atoms with Crippen LogP contribution < -0.4 is 10.3 Å². The van der Waals surface area contributed by atoms with Gasteiger partial charge in [-0.25, -0.2) is 14.6 Å². The molecule has 2 aromatic rings. The van der Waals surface area contributed by atoms with Crippen LogP contribution in [0.5, 0.6) is 0 Å². The third kappa shape index (κ3) is 2.20. The van der Waals surface area contributed by atoms with E-state index in [1.165, 1.54) is 6.33 Å². The van der Waals surface area contributed by atoms with Crippen LogP contribution in [0, 0.1) is 0 Å². The Bertz CT molecular complexity index is 383. The van der Waals surface area contributed by atoms with Gasteiger partial charge in [0.1, 0.15) is 18.9 Å². The van der Waals surface area contributed by atoms with Crippen LogP contribution in [0.15, 0.2) is 31.0 Å². The maximum Gasteiger partial charge on any atom is 0.273 e. The molecule has 0 radical (unpaired) electrons. The first-order valence-corrected chi connectivity index (χ1v) is 4.46. The number of nitrogens with zero attached hydrogens (tertiary/aromatic N) is 3. The highest BCUT2D eigenvalue weighted by Gasteiger charge is 2.00. The van der Waals surface area contributed by atoms with Crippen molar-refractivity contribution >= 4 is 17.4 Å². The van der Waals surface area contributed by atoms with Crippen molar-refractivity contribution < 1.29 is 4.98 Å². The Hall–Kier alpha value is -1.62. The Morgan fingerprint density at radius 3 is 3.07 bits per heavy atom. The van der Waals surface area contributed by atoms with Crippen LogP contribution in [-0.4, -0.2) is 14.8 Å². The molecule has 0 spiro atoms. The van der Waals surface area contributed by atoms with Gasteiger partial charge in [-0.3, -0.25) is 5.32 Å². The van der Waals surface area contributed by atoms with Gasteiger partial charge in [-0.1, -0.05) is 11.6 Å². The van der Waals surface area contributed by atoms with Crippen molar-refractivity contribution in [2.45, 2.75) is 6.67 Å². The van der Waals surface area contributed by atoms with Crippen LogP contribution in [0.3, 0.4) is 0 Å². The molecule has 0 saturated carbocycles. The lowest BCUT2D eigenvalue weighted by Gasteiger charge is -1.97. The van der Waals surface area contributed by atoms with Crippen LogP contribution in [0.2, 0.25) is 5.02 Å². The molecule has 14 heavy (non-hydrogen) atoms. The van der Waals surface area contributed by atoms with E-state index in [1.54, 1.807) is 17.2 Å². The SMILES string of the molecule is Clc1ccc(NCn2cncn2)[nH+]c1. The van der Waals surface area contributed by atoms with E-state index in [1.807, 2.05) is 12.1 Å². The van der Waals surface area contributed by atoms with Crippen molar-refractivity contribution in [3.05, 3.63) is 36.0 Å². The Morgan fingerprint density at radius 1 is 1.50 bits per heavy atom. The van der Waals surface area contributed by atoms with Gasteiger partial charge in [0.25, 0.3) is 5.82 Å². The number of pyridine rings is 1. The van der Waals surface area contributed by atoms with Gasteiger partial charge in [0, 0.05) is 6.07 Å². The molecule has 0 fully saturated rings. The van der Waals surface area contributed by atoms with Gasteiger partial charge in [0.05, 0.1) is 5.02 Å². The minimum atomic E-state index is 0.568. The molecule has 72 valence electrons. The molecule has 2 heterocycles. The Kier molecular flexibility index (Phi) is 2.60. The van der Waals surface area contributed by atoms with Crippen LogP contribution >= 0.6 is 11.6 Å². The minimum Gasteiger partial charge on any atom is -0.254 e. The second kappa shape index (κ2) is 4.06. The fourth-order valence-corrected chi connectivity index (χ4v) is 1.11. The lowest BCUT2D eigenvalue weighted by molar-refractivity contribution is -0.361. The van der Waals surface area contributed by atoms with E-state index in [-0.39, 0.29) is 0 Å². The Labute approximate surface area is 85.8 Å². The number of hydrogen-bond acceptors (Lipinski definition) is 3. The van der Waals surface area contributed by atoms with E-state index in [0.29, 0.717) is 11.7 Å². The van der Waals surface area contributed by atoms with Gasteiger partial charge in [-0.2, -0.15) is 5.10 Å². The molecule has 0 aromatic carbocycles. The quantitative estimate of drug-likeness (QED) is 0.816. The summed E-state index contributed by atoms with van der Waals surface area (Å²) >= 11 is 5.72. The Morgan fingerprint density at radius 2 is 2.43 bits per heavy atom. The molecule has 2 rings (SSSR count). The topological polar surface area (TPSA) is 56.9 Å². The zero-order chi connectivity index (χ0) is 9.80. The predicted octanol–water partition coefficient (Wildman–Crippen LogP) is 0.815. The summed E-state index contributed by atoms with van der Waals surface area (Å²) in [5.74, 6) is 0.880. The molecule has 0 bridgehead atoms. The zero-order valence-electron chi connectivity index (χ0n) is 7.31. The zero-order valence-corrected chi connectivity index (χ0v) is 8.07. The summed E-state index contributed by atoms with van der Waals surface area (Å²) in [6.07, 6.45) is 4.85. The van der Waals surface area contributed by atoms with E-state index < -0.39 is 0 Å². The number of H-pyrrole nitrogens is 1. The number of aromatic amines is 1. The van der Waals surface area contributed by atoms with Crippen molar-refractivity contribution in [1.82, 2.24) is 14.8 Å². The van der Waals surface area contributed by atoms with E-state index >= 15 is 0 Å². The smallest absolute Gasteiger partial charge is 0.254 e. The van der Waals surface area contributed by atoms with Crippen LogP contribution in [0.4, 0.5) is 5.82 Å². The molecule has 0 aliphatic rings. The minimum absolute atomic E-state index is 0.568. The highest BCUT2D eigenvalue weighted by Crippen LogP contribution is 2.05. The molecule has 0 unspecified atom stereocenters. The molecule has 0 atom stereocenters. The van der Waals surface area contributed by atoms with Gasteiger partial charge in [0.15, 0.2) is 6.67 Å². The van der Waals surface area contributed by atoms with Crippen LogP contribution in [0.1, 0.15) is 0 Å². The fourth-order valence-electron chi connectivity index (χ4n) is 0.996. The molecule has 2 aromatic heterocycles. The van der Waals surface area contributed by atoms with E-state index in [2.05, 4.69) is 20.4 Å². The summed E-state index contributed by atoms with van der Waals surface area (Å²) in [5, 5.41) is 7.75. The fraction of sp³-hybridized carbons (Fsp3) is 0.125. The highest BCUT2D eigenvalue weighted by atomic mass is 35.5. The van der Waals surface area contributed by atoms with Crippen molar-refractivity contribution in [2.75, 3.05) is 5.32 Å². The molecule has 0 amide bonds. The van der Waals surface area contributed by atoms with Crippen LogP contribution in [-0.2, 0) is 6.67 Å². The summed E-state index contributed by atoms with van der Waals surface area (Å²) in [5.41, 5.74) is 0. The number of rotatable bonds is 3. The summed E-state index contributed by atoms with van der Waals surface area (Å²) in [4.78, 5) is 6.82. The number of anilines is 1. The third-order valence-corrected chi connectivity index (χ3v) is 1.91. The first kappa shape index (κ1) is 8.96.